The number of fused-ring (bicyclic) bond motifs is 3. The molecule has 0 aliphatic carbocycles. The van der Waals surface area contributed by atoms with Gasteiger partial charge in [-0.3, -0.25) is 13.7 Å². The minimum absolute atomic E-state index is 0.00802. The molecule has 3 heterocycles. The second-order valence-electron chi connectivity index (χ2n) is 22.4. The second-order valence-corrected chi connectivity index (χ2v) is 22.4. The molecule has 0 unspecified atom stereocenters. The van der Waals surface area contributed by atoms with Crippen LogP contribution in [-0.4, -0.2) is 14.1 Å². The Morgan fingerprint density at radius 2 is 1.21 bits per heavy atom. The maximum Gasteiger partial charge on any atom is 0.269 e. The predicted molar refractivity (Wildman–Crippen MR) is 257 cm³/mol. The molecule has 5 nitrogen and oxygen atoms in total. The zero-order valence-electron chi connectivity index (χ0n) is 40.0. The van der Waals surface area contributed by atoms with Crippen molar-refractivity contribution in [1.29, 1.82) is 0 Å². The Bertz CT molecular complexity index is 2680. The SMILES string of the molecule is CC(C)Cc1cc(CC(C)C)cc(-[n+]2[c-]n(-c3cc(Oc4ccc5c6ccccc6n(-c6cc(C(C)(C)C)ccn6)c5c4)cc(C(C)(C)C)c3)c(C(C)(C)C)c2C(C)(C)C)c1. The summed E-state index contributed by atoms with van der Waals surface area (Å²) in [7, 11) is 0. The van der Waals surface area contributed by atoms with Crippen molar-refractivity contribution in [2.45, 2.75) is 145 Å². The lowest BCUT2D eigenvalue weighted by atomic mass is 9.81. The van der Waals surface area contributed by atoms with E-state index in [9.17, 15) is 0 Å². The number of rotatable bonds is 9. The van der Waals surface area contributed by atoms with E-state index >= 15 is 0 Å². The van der Waals surface area contributed by atoms with E-state index in [0.717, 1.165) is 46.9 Å². The first-order chi connectivity index (χ1) is 28.4. The smallest absolute Gasteiger partial charge is 0.269 e. The molecule has 4 aromatic carbocycles. The Kier molecular flexibility index (Phi) is 11.5. The summed E-state index contributed by atoms with van der Waals surface area (Å²) in [5, 5.41) is 2.36. The van der Waals surface area contributed by atoms with Gasteiger partial charge in [0.15, 0.2) is 0 Å². The van der Waals surface area contributed by atoms with E-state index < -0.39 is 0 Å². The minimum atomic E-state index is -0.198. The number of hydrogen-bond acceptors (Lipinski definition) is 2. The zero-order chi connectivity index (χ0) is 44.4. The van der Waals surface area contributed by atoms with Crippen molar-refractivity contribution in [3.05, 3.63) is 137 Å². The first kappa shape index (κ1) is 43.9. The van der Waals surface area contributed by atoms with Gasteiger partial charge in [0, 0.05) is 23.0 Å². The molecule has 0 fully saturated rings. The third-order valence-electron chi connectivity index (χ3n) is 11.6. The van der Waals surface area contributed by atoms with Gasteiger partial charge < -0.3 is 4.74 Å². The third-order valence-corrected chi connectivity index (χ3v) is 11.6. The highest BCUT2D eigenvalue weighted by atomic mass is 16.5. The summed E-state index contributed by atoms with van der Waals surface area (Å²) in [5.41, 5.74) is 11.6. The van der Waals surface area contributed by atoms with Crippen LogP contribution in [0.4, 0.5) is 0 Å². The molecule has 7 aromatic rings. The largest absolute Gasteiger partial charge is 0.458 e. The molecule has 0 bridgehead atoms. The normalized spacial score (nSPS) is 13.0. The van der Waals surface area contributed by atoms with E-state index in [2.05, 4.69) is 222 Å². The Hall–Kier alpha value is -5.16. The molecule has 3 aromatic heterocycles. The summed E-state index contributed by atoms with van der Waals surface area (Å²) in [6, 6.07) is 33.4. The number of hydrogen-bond donors (Lipinski definition) is 0. The predicted octanol–water partition coefficient (Wildman–Crippen LogP) is 14.4. The molecule has 0 atom stereocenters. The summed E-state index contributed by atoms with van der Waals surface area (Å²) < 4.78 is 14.0. The van der Waals surface area contributed by atoms with Crippen LogP contribution in [-0.2, 0) is 34.5 Å². The van der Waals surface area contributed by atoms with Gasteiger partial charge in [-0.05, 0) is 118 Å². The maximum atomic E-state index is 7.00. The highest BCUT2D eigenvalue weighted by Crippen LogP contribution is 2.40. The number of ether oxygens (including phenoxy) is 1. The van der Waals surface area contributed by atoms with Crippen LogP contribution >= 0.6 is 0 Å². The number of nitrogens with zero attached hydrogens (tertiary/aromatic N) is 4. The Morgan fingerprint density at radius 1 is 0.590 bits per heavy atom. The Balaban J connectivity index is 1.43. The molecule has 0 saturated carbocycles. The summed E-state index contributed by atoms with van der Waals surface area (Å²) in [5.74, 6) is 3.60. The van der Waals surface area contributed by atoms with Crippen LogP contribution in [0.25, 0.3) is 39.0 Å². The Morgan fingerprint density at radius 3 is 1.80 bits per heavy atom. The van der Waals surface area contributed by atoms with E-state index in [1.165, 1.54) is 50.1 Å². The number of imidazole rings is 1. The van der Waals surface area contributed by atoms with Crippen molar-refractivity contribution in [3.8, 4) is 28.7 Å². The molecule has 0 radical (unpaired) electrons. The molecular formula is C56H70N4O. The molecule has 0 amide bonds. The lowest BCUT2D eigenvalue weighted by Gasteiger charge is -2.30. The van der Waals surface area contributed by atoms with Crippen molar-refractivity contribution in [3.63, 3.8) is 0 Å². The molecule has 0 aliphatic rings. The molecule has 0 aliphatic heterocycles. The maximum absolute atomic E-state index is 7.00. The van der Waals surface area contributed by atoms with Crippen molar-refractivity contribution < 1.29 is 9.30 Å². The number of benzene rings is 4. The summed E-state index contributed by atoms with van der Waals surface area (Å²) in [6.45, 7) is 36.8. The number of aromatic nitrogens is 4. The zero-order valence-corrected chi connectivity index (χ0v) is 40.0. The van der Waals surface area contributed by atoms with Crippen LogP contribution in [0, 0.1) is 18.2 Å². The second kappa shape index (κ2) is 15.9. The van der Waals surface area contributed by atoms with Crippen LogP contribution in [0.2, 0.25) is 0 Å². The topological polar surface area (TPSA) is 35.9 Å². The lowest BCUT2D eigenvalue weighted by molar-refractivity contribution is -0.611. The molecular weight excluding hydrogens is 745 g/mol. The van der Waals surface area contributed by atoms with Gasteiger partial charge in [0.2, 0.25) is 0 Å². The van der Waals surface area contributed by atoms with Crippen LogP contribution in [0.3, 0.4) is 0 Å². The molecule has 7 rings (SSSR count). The van der Waals surface area contributed by atoms with Crippen molar-refractivity contribution >= 4 is 21.8 Å². The van der Waals surface area contributed by atoms with Gasteiger partial charge >= 0.3 is 0 Å². The highest BCUT2D eigenvalue weighted by Gasteiger charge is 2.34. The number of para-hydroxylation sites is 1. The van der Waals surface area contributed by atoms with Crippen molar-refractivity contribution in [2.24, 2.45) is 11.8 Å². The summed E-state index contributed by atoms with van der Waals surface area (Å²) in [6.07, 6.45) is 7.99. The quantitative estimate of drug-likeness (QED) is 0.107. The summed E-state index contributed by atoms with van der Waals surface area (Å²) in [4.78, 5) is 4.92. The van der Waals surface area contributed by atoms with Gasteiger partial charge in [-0.15, -0.1) is 0 Å². The Labute approximate surface area is 366 Å². The van der Waals surface area contributed by atoms with E-state index in [0.29, 0.717) is 11.8 Å². The van der Waals surface area contributed by atoms with Crippen LogP contribution in [0.5, 0.6) is 11.5 Å². The fourth-order valence-corrected chi connectivity index (χ4v) is 8.83. The summed E-state index contributed by atoms with van der Waals surface area (Å²) >= 11 is 0. The van der Waals surface area contributed by atoms with Gasteiger partial charge in [0.25, 0.3) is 6.33 Å². The average Bonchev–Trinajstić information content (AvgIpc) is 3.71. The lowest BCUT2D eigenvalue weighted by Crippen LogP contribution is -2.41. The molecule has 5 heteroatoms. The van der Waals surface area contributed by atoms with Gasteiger partial charge in [0.1, 0.15) is 17.3 Å². The van der Waals surface area contributed by atoms with Crippen LogP contribution < -0.4 is 9.30 Å². The van der Waals surface area contributed by atoms with Gasteiger partial charge in [-0.25, -0.2) is 4.98 Å². The molecule has 320 valence electrons. The third kappa shape index (κ3) is 9.22. The molecule has 0 spiro atoms. The van der Waals surface area contributed by atoms with Gasteiger partial charge in [0.05, 0.1) is 33.8 Å². The molecule has 0 saturated heterocycles. The van der Waals surface area contributed by atoms with Crippen LogP contribution in [0.15, 0.2) is 97.2 Å². The standard InChI is InChI=1S/C56H70N4O/c1-36(2)25-38-27-39(26-37(3)4)29-42(28-38)58-35-59(52(56(14,15)16)51(58)55(11,12)13)43-30-41(54(8,9)10)31-45(33-43)61-44-21-22-47-46-19-17-18-20-48(46)60(49(47)34-44)50-32-40(23-24-57-50)53(5,6)7/h17-24,27-34,36-37H,25-26H2,1-16H3. The average molecular weight is 815 g/mol. The van der Waals surface area contributed by atoms with Gasteiger partial charge in [-0.2, -0.15) is 0 Å². The molecule has 61 heavy (non-hydrogen) atoms. The van der Waals surface area contributed by atoms with Gasteiger partial charge in [-0.1, -0.05) is 146 Å². The monoisotopic (exact) mass is 815 g/mol. The van der Waals surface area contributed by atoms with Crippen molar-refractivity contribution in [2.75, 3.05) is 0 Å². The molecule has 0 N–H and O–H groups in total. The van der Waals surface area contributed by atoms with E-state index in [4.69, 9.17) is 9.72 Å². The van der Waals surface area contributed by atoms with Crippen LogP contribution in [0.1, 0.15) is 144 Å². The van der Waals surface area contributed by atoms with E-state index in [-0.39, 0.29) is 21.7 Å². The van der Waals surface area contributed by atoms with Crippen molar-refractivity contribution in [1.82, 2.24) is 14.1 Å². The van der Waals surface area contributed by atoms with E-state index in [1.807, 2.05) is 6.20 Å². The number of pyridine rings is 1. The first-order valence-corrected chi connectivity index (χ1v) is 22.5. The fourth-order valence-electron chi connectivity index (χ4n) is 8.83. The highest BCUT2D eigenvalue weighted by molar-refractivity contribution is 6.09. The van der Waals surface area contributed by atoms with E-state index in [1.54, 1.807) is 0 Å². The minimum Gasteiger partial charge on any atom is -0.458 e. The fraction of sp³-hybridized carbons (Fsp3) is 0.429. The first-order valence-electron chi connectivity index (χ1n) is 22.5.